The van der Waals surface area contributed by atoms with Crippen LogP contribution in [0, 0.1) is 6.92 Å². The number of Topliss-reactive ketones (excluding diaryl/α,β-unsaturated/α-hetero) is 1. The van der Waals surface area contributed by atoms with Crippen LogP contribution in [0.3, 0.4) is 0 Å². The van der Waals surface area contributed by atoms with Crippen molar-refractivity contribution in [3.05, 3.63) is 29.6 Å². The first-order valence-electron chi connectivity index (χ1n) is 4.85. The van der Waals surface area contributed by atoms with Gasteiger partial charge in [-0.05, 0) is 31.4 Å². The van der Waals surface area contributed by atoms with Crippen LogP contribution < -0.4 is 0 Å². The van der Waals surface area contributed by atoms with Gasteiger partial charge < -0.3 is 4.74 Å². The van der Waals surface area contributed by atoms with E-state index in [4.69, 9.17) is 4.74 Å². The van der Waals surface area contributed by atoms with Crippen molar-refractivity contribution < 1.29 is 9.53 Å². The fourth-order valence-corrected chi connectivity index (χ4v) is 1.68. The molecule has 74 valence electrons. The number of ether oxygens (including phenoxy) is 1. The molecule has 1 atom stereocenters. The molecular weight excluding hydrogens is 178 g/mol. The lowest BCUT2D eigenvalue weighted by atomic mass is 10.0. The summed E-state index contributed by atoms with van der Waals surface area (Å²) >= 11 is 0. The molecule has 1 aromatic heterocycles. The van der Waals surface area contributed by atoms with Gasteiger partial charge in [0.1, 0.15) is 6.10 Å². The van der Waals surface area contributed by atoms with Crippen LogP contribution in [-0.2, 0) is 4.74 Å². The van der Waals surface area contributed by atoms with Crippen molar-refractivity contribution in [2.24, 2.45) is 0 Å². The molecule has 1 fully saturated rings. The van der Waals surface area contributed by atoms with Crippen molar-refractivity contribution in [3.63, 3.8) is 0 Å². The Hall–Kier alpha value is -1.22. The van der Waals surface area contributed by atoms with E-state index < -0.39 is 0 Å². The van der Waals surface area contributed by atoms with Crippen molar-refractivity contribution in [2.75, 3.05) is 6.61 Å². The van der Waals surface area contributed by atoms with E-state index in [1.54, 1.807) is 12.4 Å². The molecule has 1 saturated heterocycles. The van der Waals surface area contributed by atoms with Gasteiger partial charge in [0.05, 0.1) is 0 Å². The summed E-state index contributed by atoms with van der Waals surface area (Å²) in [6.45, 7) is 2.62. The molecule has 1 aromatic rings. The van der Waals surface area contributed by atoms with Gasteiger partial charge in [-0.25, -0.2) is 0 Å². The van der Waals surface area contributed by atoms with Crippen LogP contribution in [0.1, 0.15) is 28.8 Å². The van der Waals surface area contributed by atoms with E-state index in [9.17, 15) is 4.79 Å². The molecule has 0 spiro atoms. The number of rotatable bonds is 2. The molecule has 0 aliphatic carbocycles. The fraction of sp³-hybridized carbons (Fsp3) is 0.455. The Morgan fingerprint density at radius 3 is 3.14 bits per heavy atom. The van der Waals surface area contributed by atoms with Crippen molar-refractivity contribution in [1.29, 1.82) is 0 Å². The maximum Gasteiger partial charge on any atom is 0.193 e. The highest BCUT2D eigenvalue weighted by molar-refractivity contribution is 6.00. The van der Waals surface area contributed by atoms with Crippen LogP contribution >= 0.6 is 0 Å². The largest absolute Gasteiger partial charge is 0.370 e. The maximum atomic E-state index is 11.9. The second-order valence-electron chi connectivity index (χ2n) is 3.56. The van der Waals surface area contributed by atoms with Gasteiger partial charge in [-0.3, -0.25) is 9.78 Å². The molecule has 0 saturated carbocycles. The predicted octanol–water partition coefficient (Wildman–Crippen LogP) is 1.75. The second kappa shape index (κ2) is 3.88. The molecule has 0 N–H and O–H groups in total. The quantitative estimate of drug-likeness (QED) is 0.668. The van der Waals surface area contributed by atoms with Crippen LogP contribution in [0.25, 0.3) is 0 Å². The van der Waals surface area contributed by atoms with Crippen LogP contribution in [0.15, 0.2) is 18.5 Å². The molecule has 3 heteroatoms. The van der Waals surface area contributed by atoms with E-state index in [-0.39, 0.29) is 11.9 Å². The molecule has 3 nitrogen and oxygen atoms in total. The summed E-state index contributed by atoms with van der Waals surface area (Å²) in [7, 11) is 0. The van der Waals surface area contributed by atoms with E-state index in [2.05, 4.69) is 4.98 Å². The first-order chi connectivity index (χ1) is 6.79. The fourth-order valence-electron chi connectivity index (χ4n) is 1.68. The molecule has 1 aliphatic heterocycles. The molecule has 14 heavy (non-hydrogen) atoms. The first-order valence-corrected chi connectivity index (χ1v) is 4.85. The zero-order chi connectivity index (χ0) is 9.97. The van der Waals surface area contributed by atoms with E-state index in [1.807, 2.05) is 13.0 Å². The minimum Gasteiger partial charge on any atom is -0.370 e. The van der Waals surface area contributed by atoms with E-state index in [0.717, 1.165) is 18.4 Å². The second-order valence-corrected chi connectivity index (χ2v) is 3.56. The van der Waals surface area contributed by atoms with Crippen LogP contribution in [0.5, 0.6) is 0 Å². The van der Waals surface area contributed by atoms with Gasteiger partial charge in [-0.2, -0.15) is 0 Å². The van der Waals surface area contributed by atoms with Crippen LogP contribution in [-0.4, -0.2) is 23.5 Å². The normalized spacial score (nSPS) is 21.1. The lowest BCUT2D eigenvalue weighted by molar-refractivity contribution is 0.0642. The molecule has 1 aliphatic rings. The van der Waals surface area contributed by atoms with Gasteiger partial charge in [0.25, 0.3) is 0 Å². The molecule has 1 unspecified atom stereocenters. The average molecular weight is 191 g/mol. The zero-order valence-electron chi connectivity index (χ0n) is 8.19. The van der Waals surface area contributed by atoms with Gasteiger partial charge >= 0.3 is 0 Å². The molecule has 0 aromatic carbocycles. The molecular formula is C11H13NO2. The minimum atomic E-state index is -0.238. The number of ketones is 1. The van der Waals surface area contributed by atoms with E-state index in [1.165, 1.54) is 0 Å². The standard InChI is InChI=1S/C11H13NO2/c1-8-4-5-12-7-9(8)11(13)10-3-2-6-14-10/h4-5,7,10H,2-3,6H2,1H3. The highest BCUT2D eigenvalue weighted by atomic mass is 16.5. The van der Waals surface area contributed by atoms with E-state index >= 15 is 0 Å². The lowest BCUT2D eigenvalue weighted by Gasteiger charge is -2.09. The highest BCUT2D eigenvalue weighted by Crippen LogP contribution is 2.18. The molecule has 0 bridgehead atoms. The van der Waals surface area contributed by atoms with Gasteiger partial charge in [0.15, 0.2) is 5.78 Å². The number of carbonyl (C=O) groups excluding carboxylic acids is 1. The van der Waals surface area contributed by atoms with Gasteiger partial charge in [-0.15, -0.1) is 0 Å². The summed E-state index contributed by atoms with van der Waals surface area (Å²) in [5.41, 5.74) is 1.67. The predicted molar refractivity (Wildman–Crippen MR) is 52.3 cm³/mol. The number of aromatic nitrogens is 1. The Bertz CT molecular complexity index is 343. The van der Waals surface area contributed by atoms with Crippen LogP contribution in [0.2, 0.25) is 0 Å². The molecule has 0 radical (unpaired) electrons. The monoisotopic (exact) mass is 191 g/mol. The Balaban J connectivity index is 2.22. The van der Waals surface area contributed by atoms with Gasteiger partial charge in [0.2, 0.25) is 0 Å². The first kappa shape index (κ1) is 9.34. The molecule has 0 amide bonds. The Labute approximate surface area is 83.1 Å². The average Bonchev–Trinajstić information content (AvgIpc) is 2.70. The topological polar surface area (TPSA) is 39.2 Å². The smallest absolute Gasteiger partial charge is 0.193 e. The third-order valence-electron chi connectivity index (χ3n) is 2.53. The number of nitrogens with zero attached hydrogens (tertiary/aromatic N) is 1. The zero-order valence-corrected chi connectivity index (χ0v) is 8.19. The number of carbonyl (C=O) groups is 1. The van der Waals surface area contributed by atoms with Gasteiger partial charge in [0, 0.05) is 24.6 Å². The van der Waals surface area contributed by atoms with Crippen molar-refractivity contribution in [3.8, 4) is 0 Å². The third kappa shape index (κ3) is 1.68. The van der Waals surface area contributed by atoms with E-state index in [0.29, 0.717) is 12.2 Å². The molecule has 2 rings (SSSR count). The summed E-state index contributed by atoms with van der Waals surface area (Å²) < 4.78 is 5.35. The summed E-state index contributed by atoms with van der Waals surface area (Å²) in [6, 6.07) is 1.85. The van der Waals surface area contributed by atoms with Crippen molar-refractivity contribution in [2.45, 2.75) is 25.9 Å². The number of pyridine rings is 1. The van der Waals surface area contributed by atoms with Crippen molar-refractivity contribution >= 4 is 5.78 Å². The maximum absolute atomic E-state index is 11.9. The lowest BCUT2D eigenvalue weighted by Crippen LogP contribution is -2.20. The summed E-state index contributed by atoms with van der Waals surface area (Å²) in [5.74, 6) is 0.0769. The third-order valence-corrected chi connectivity index (χ3v) is 2.53. The van der Waals surface area contributed by atoms with Crippen LogP contribution in [0.4, 0.5) is 0 Å². The molecule has 2 heterocycles. The number of hydrogen-bond acceptors (Lipinski definition) is 3. The SMILES string of the molecule is Cc1ccncc1C(=O)C1CCCO1. The highest BCUT2D eigenvalue weighted by Gasteiger charge is 2.25. The number of hydrogen-bond donors (Lipinski definition) is 0. The summed E-state index contributed by atoms with van der Waals surface area (Å²) in [4.78, 5) is 15.9. The minimum absolute atomic E-state index is 0.0769. The number of aryl methyl sites for hydroxylation is 1. The van der Waals surface area contributed by atoms with Crippen molar-refractivity contribution in [1.82, 2.24) is 4.98 Å². The summed E-state index contributed by atoms with van der Waals surface area (Å²) in [5, 5.41) is 0. The van der Waals surface area contributed by atoms with Gasteiger partial charge in [-0.1, -0.05) is 0 Å². The summed E-state index contributed by atoms with van der Waals surface area (Å²) in [6.07, 6.45) is 4.90. The Morgan fingerprint density at radius 1 is 1.64 bits per heavy atom. The Kier molecular flexibility index (Phi) is 2.59. The Morgan fingerprint density at radius 2 is 2.50 bits per heavy atom.